The second kappa shape index (κ2) is 7.48. The van der Waals surface area contributed by atoms with Gasteiger partial charge in [0.1, 0.15) is 0 Å². The third-order valence-electron chi connectivity index (χ3n) is 2.69. The van der Waals surface area contributed by atoms with Crippen LogP contribution in [0.25, 0.3) is 0 Å². The summed E-state index contributed by atoms with van der Waals surface area (Å²) in [5.41, 5.74) is -0.387. The zero-order chi connectivity index (χ0) is 15.1. The Morgan fingerprint density at radius 1 is 0.947 bits per heavy atom. The fraction of sp³-hybridized carbons (Fsp3) is 0.857. The Balaban J connectivity index is 3.76. The average Bonchev–Trinajstić information content (AvgIpc) is 2.21. The minimum atomic E-state index is -0.209. The topological polar surface area (TPSA) is 70.2 Å². The van der Waals surface area contributed by atoms with Crippen LogP contribution in [0, 0.1) is 0 Å². The zero-order valence-corrected chi connectivity index (χ0v) is 13.1. The number of carbonyl (C=O) groups excluding carboxylic acids is 2. The van der Waals surface area contributed by atoms with Gasteiger partial charge in [-0.25, -0.2) is 0 Å². The second-order valence-electron chi connectivity index (χ2n) is 6.51. The summed E-state index contributed by atoms with van der Waals surface area (Å²) in [7, 11) is 0. The summed E-state index contributed by atoms with van der Waals surface area (Å²) in [4.78, 5) is 23.1. The van der Waals surface area contributed by atoms with Crippen molar-refractivity contribution in [2.24, 2.45) is 0 Å². The van der Waals surface area contributed by atoms with Crippen LogP contribution >= 0.6 is 0 Å². The number of hydrogen-bond acceptors (Lipinski definition) is 3. The van der Waals surface area contributed by atoms with Crippen molar-refractivity contribution in [2.75, 3.05) is 13.1 Å². The van der Waals surface area contributed by atoms with Gasteiger partial charge in [-0.05, 0) is 41.0 Å². The molecule has 0 aromatic carbocycles. The number of hydrogen-bond donors (Lipinski definition) is 3. The van der Waals surface area contributed by atoms with E-state index in [-0.39, 0.29) is 29.4 Å². The smallest absolute Gasteiger partial charge is 0.234 e. The van der Waals surface area contributed by atoms with E-state index >= 15 is 0 Å². The molecular formula is C14H29N3O2. The first-order valence-corrected chi connectivity index (χ1v) is 6.88. The lowest BCUT2D eigenvalue weighted by atomic mass is 10.0. The van der Waals surface area contributed by atoms with Crippen molar-refractivity contribution in [3.63, 3.8) is 0 Å². The maximum atomic E-state index is 11.6. The van der Waals surface area contributed by atoms with Crippen LogP contribution in [0.2, 0.25) is 0 Å². The third kappa shape index (κ3) is 10.5. The largest absolute Gasteiger partial charge is 0.351 e. The lowest BCUT2D eigenvalue weighted by molar-refractivity contribution is -0.124. The molecule has 0 bridgehead atoms. The third-order valence-corrected chi connectivity index (χ3v) is 2.69. The number of carbonyl (C=O) groups is 2. The summed E-state index contributed by atoms with van der Waals surface area (Å²) in [5.74, 6) is -0.0441. The van der Waals surface area contributed by atoms with E-state index < -0.39 is 0 Å². The molecule has 0 aliphatic heterocycles. The standard InChI is InChI=1S/C14H29N3O2/c1-7-14(5,6)17-12(19)10-15-9-8-11(18)16-13(2,3)4/h15H,7-10H2,1-6H3,(H,16,18)(H,17,19). The normalized spacial score (nSPS) is 12.1. The van der Waals surface area contributed by atoms with Crippen LogP contribution in [-0.2, 0) is 9.59 Å². The highest BCUT2D eigenvalue weighted by molar-refractivity contribution is 5.79. The van der Waals surface area contributed by atoms with Crippen LogP contribution in [0.5, 0.6) is 0 Å². The van der Waals surface area contributed by atoms with Crippen molar-refractivity contribution >= 4 is 11.8 Å². The second-order valence-corrected chi connectivity index (χ2v) is 6.51. The Hall–Kier alpha value is -1.10. The van der Waals surface area contributed by atoms with Crippen molar-refractivity contribution in [1.29, 1.82) is 0 Å². The minimum Gasteiger partial charge on any atom is -0.351 e. The molecule has 0 radical (unpaired) electrons. The highest BCUT2D eigenvalue weighted by atomic mass is 16.2. The van der Waals surface area contributed by atoms with Gasteiger partial charge in [0.15, 0.2) is 0 Å². The van der Waals surface area contributed by atoms with Crippen molar-refractivity contribution in [1.82, 2.24) is 16.0 Å². The highest BCUT2D eigenvalue weighted by Gasteiger charge is 2.17. The molecule has 0 heterocycles. The number of amides is 2. The SMILES string of the molecule is CCC(C)(C)NC(=O)CNCCC(=O)NC(C)(C)C. The predicted octanol–water partition coefficient (Wildman–Crippen LogP) is 1.19. The molecule has 0 atom stereocenters. The number of nitrogens with one attached hydrogen (secondary N) is 3. The van der Waals surface area contributed by atoms with E-state index in [1.165, 1.54) is 0 Å². The summed E-state index contributed by atoms with van der Waals surface area (Å²) in [6, 6.07) is 0. The molecule has 0 saturated carbocycles. The van der Waals surface area contributed by atoms with E-state index in [0.717, 1.165) is 6.42 Å². The van der Waals surface area contributed by atoms with Crippen molar-refractivity contribution < 1.29 is 9.59 Å². The molecule has 0 saturated heterocycles. The minimum absolute atomic E-state index is 0.00528. The summed E-state index contributed by atoms with van der Waals surface area (Å²) in [6.45, 7) is 12.6. The fourth-order valence-electron chi connectivity index (χ4n) is 1.39. The van der Waals surface area contributed by atoms with Gasteiger partial charge in [-0.3, -0.25) is 9.59 Å². The molecule has 5 nitrogen and oxygen atoms in total. The summed E-state index contributed by atoms with van der Waals surface area (Å²) >= 11 is 0. The van der Waals surface area contributed by atoms with Crippen molar-refractivity contribution in [3.8, 4) is 0 Å². The maximum absolute atomic E-state index is 11.6. The first kappa shape index (κ1) is 17.9. The molecule has 0 aliphatic rings. The molecule has 3 N–H and O–H groups in total. The lowest BCUT2D eigenvalue weighted by Crippen LogP contribution is -2.47. The van der Waals surface area contributed by atoms with Gasteiger partial charge in [-0.15, -0.1) is 0 Å². The average molecular weight is 271 g/mol. The van der Waals surface area contributed by atoms with Crippen LogP contribution in [0.4, 0.5) is 0 Å². The summed E-state index contributed by atoms with van der Waals surface area (Å²) in [5, 5.41) is 8.78. The van der Waals surface area contributed by atoms with Crippen LogP contribution in [0.15, 0.2) is 0 Å². The van der Waals surface area contributed by atoms with Crippen LogP contribution in [0.3, 0.4) is 0 Å². The number of rotatable bonds is 7. The van der Waals surface area contributed by atoms with Crippen LogP contribution < -0.4 is 16.0 Å². The maximum Gasteiger partial charge on any atom is 0.234 e. The Bertz CT molecular complexity index is 306. The van der Waals surface area contributed by atoms with E-state index in [0.29, 0.717) is 13.0 Å². The van der Waals surface area contributed by atoms with E-state index in [1.54, 1.807) is 0 Å². The van der Waals surface area contributed by atoms with Crippen molar-refractivity contribution in [3.05, 3.63) is 0 Å². The molecule has 0 aromatic rings. The Morgan fingerprint density at radius 2 is 1.53 bits per heavy atom. The van der Waals surface area contributed by atoms with E-state index in [9.17, 15) is 9.59 Å². The van der Waals surface area contributed by atoms with E-state index in [2.05, 4.69) is 16.0 Å². The molecule has 2 amide bonds. The Kier molecular flexibility index (Phi) is 7.05. The van der Waals surface area contributed by atoms with Gasteiger partial charge in [0.2, 0.25) is 11.8 Å². The zero-order valence-electron chi connectivity index (χ0n) is 13.1. The van der Waals surface area contributed by atoms with Gasteiger partial charge < -0.3 is 16.0 Å². The molecule has 0 fully saturated rings. The molecule has 0 aliphatic carbocycles. The molecule has 0 spiro atoms. The molecule has 19 heavy (non-hydrogen) atoms. The fourth-order valence-corrected chi connectivity index (χ4v) is 1.39. The molecule has 0 unspecified atom stereocenters. The van der Waals surface area contributed by atoms with E-state index in [1.807, 2.05) is 41.5 Å². The quantitative estimate of drug-likeness (QED) is 0.609. The van der Waals surface area contributed by atoms with Gasteiger partial charge in [-0.1, -0.05) is 6.92 Å². The van der Waals surface area contributed by atoms with Crippen molar-refractivity contribution in [2.45, 2.75) is 65.5 Å². The lowest BCUT2D eigenvalue weighted by Gasteiger charge is -2.24. The van der Waals surface area contributed by atoms with Crippen LogP contribution in [-0.4, -0.2) is 36.0 Å². The Morgan fingerprint density at radius 3 is 2.00 bits per heavy atom. The molecule has 0 rings (SSSR count). The molecule has 5 heteroatoms. The van der Waals surface area contributed by atoms with Gasteiger partial charge in [-0.2, -0.15) is 0 Å². The first-order valence-electron chi connectivity index (χ1n) is 6.88. The van der Waals surface area contributed by atoms with Gasteiger partial charge in [0, 0.05) is 24.0 Å². The highest BCUT2D eigenvalue weighted by Crippen LogP contribution is 2.05. The first-order chi connectivity index (χ1) is 8.56. The Labute approximate surface area is 116 Å². The summed E-state index contributed by atoms with van der Waals surface area (Å²) < 4.78 is 0. The monoisotopic (exact) mass is 271 g/mol. The van der Waals surface area contributed by atoms with E-state index in [4.69, 9.17) is 0 Å². The van der Waals surface area contributed by atoms with Gasteiger partial charge in [0.25, 0.3) is 0 Å². The summed E-state index contributed by atoms with van der Waals surface area (Å²) in [6.07, 6.45) is 1.26. The molecule has 0 aromatic heterocycles. The molecule has 112 valence electrons. The van der Waals surface area contributed by atoms with Crippen LogP contribution in [0.1, 0.15) is 54.4 Å². The molecular weight excluding hydrogens is 242 g/mol. The predicted molar refractivity (Wildman–Crippen MR) is 77.9 cm³/mol. The van der Waals surface area contributed by atoms with Gasteiger partial charge >= 0.3 is 0 Å². The van der Waals surface area contributed by atoms with Gasteiger partial charge in [0.05, 0.1) is 6.54 Å².